The second-order valence-corrected chi connectivity index (χ2v) is 7.08. The zero-order chi connectivity index (χ0) is 16.4. The molecule has 0 spiro atoms. The molecule has 3 aromatic rings. The number of amides is 1. The molecule has 0 bridgehead atoms. The minimum atomic E-state index is 0.00522. The van der Waals surface area contributed by atoms with Gasteiger partial charge in [-0.15, -0.1) is 11.3 Å². The van der Waals surface area contributed by atoms with E-state index in [9.17, 15) is 4.79 Å². The van der Waals surface area contributed by atoms with Gasteiger partial charge in [-0.05, 0) is 55.0 Å². The first-order valence-corrected chi connectivity index (χ1v) is 9.14. The normalized spacial score (nSPS) is 13.5. The molecule has 1 amide bonds. The van der Waals surface area contributed by atoms with Crippen molar-refractivity contribution in [3.8, 4) is 0 Å². The van der Waals surface area contributed by atoms with E-state index in [1.54, 1.807) is 17.5 Å². The van der Waals surface area contributed by atoms with E-state index in [0.717, 1.165) is 29.7 Å². The number of carbonyl (C=O) groups is 1. The Balaban J connectivity index is 1.51. The Bertz CT molecular complexity index is 851. The lowest BCUT2D eigenvalue weighted by molar-refractivity contribution is 0.102. The Morgan fingerprint density at radius 3 is 3.04 bits per heavy atom. The highest BCUT2D eigenvalue weighted by Gasteiger charge is 2.20. The zero-order valence-electron chi connectivity index (χ0n) is 13.4. The molecule has 1 N–H and O–H groups in total. The van der Waals surface area contributed by atoms with Crippen LogP contribution in [0.25, 0.3) is 0 Å². The first-order valence-electron chi connectivity index (χ1n) is 8.26. The fraction of sp³-hybridized carbons (Fsp3) is 0.263. The van der Waals surface area contributed by atoms with E-state index >= 15 is 0 Å². The van der Waals surface area contributed by atoms with Crippen LogP contribution in [0.5, 0.6) is 0 Å². The summed E-state index contributed by atoms with van der Waals surface area (Å²) in [5, 5.41) is 9.29. The van der Waals surface area contributed by atoms with Crippen LogP contribution in [0.3, 0.4) is 0 Å². The van der Waals surface area contributed by atoms with E-state index < -0.39 is 0 Å². The van der Waals surface area contributed by atoms with Gasteiger partial charge in [0.15, 0.2) is 0 Å². The molecule has 0 unspecified atom stereocenters. The van der Waals surface area contributed by atoms with Crippen molar-refractivity contribution in [2.75, 3.05) is 5.32 Å². The maximum Gasteiger partial charge on any atom is 0.256 e. The maximum atomic E-state index is 12.7. The summed E-state index contributed by atoms with van der Waals surface area (Å²) in [7, 11) is 0. The lowest BCUT2D eigenvalue weighted by Gasteiger charge is -2.13. The van der Waals surface area contributed by atoms with Crippen LogP contribution in [-0.2, 0) is 19.4 Å². The van der Waals surface area contributed by atoms with Crippen LogP contribution in [0.2, 0.25) is 0 Å². The highest BCUT2D eigenvalue weighted by atomic mass is 32.1. The van der Waals surface area contributed by atoms with Gasteiger partial charge in [0.1, 0.15) is 0 Å². The van der Waals surface area contributed by atoms with Gasteiger partial charge in [-0.2, -0.15) is 5.10 Å². The highest BCUT2D eigenvalue weighted by molar-refractivity contribution is 7.10. The van der Waals surface area contributed by atoms with Gasteiger partial charge in [-0.25, -0.2) is 0 Å². The number of hydrogen-bond acceptors (Lipinski definition) is 3. The van der Waals surface area contributed by atoms with Crippen LogP contribution < -0.4 is 5.32 Å². The largest absolute Gasteiger partial charge is 0.322 e. The number of anilines is 1. The fourth-order valence-electron chi connectivity index (χ4n) is 3.21. The molecule has 0 aliphatic heterocycles. The number of nitrogens with zero attached hydrogens (tertiary/aromatic N) is 2. The minimum absolute atomic E-state index is 0.00522. The van der Waals surface area contributed by atoms with Crippen molar-refractivity contribution in [1.82, 2.24) is 9.78 Å². The summed E-state index contributed by atoms with van der Waals surface area (Å²) in [4.78, 5) is 14.0. The van der Waals surface area contributed by atoms with Gasteiger partial charge < -0.3 is 5.32 Å². The van der Waals surface area contributed by atoms with E-state index in [0.29, 0.717) is 6.54 Å². The molecule has 0 atom stereocenters. The lowest BCUT2D eigenvalue weighted by Crippen LogP contribution is -2.14. The molecule has 0 radical (unpaired) electrons. The van der Waals surface area contributed by atoms with Gasteiger partial charge >= 0.3 is 0 Å². The lowest BCUT2D eigenvalue weighted by atomic mass is 9.95. The topological polar surface area (TPSA) is 46.9 Å². The summed E-state index contributed by atoms with van der Waals surface area (Å²) in [6.45, 7) is 0.699. The Morgan fingerprint density at radius 2 is 2.17 bits per heavy atom. The van der Waals surface area contributed by atoms with Gasteiger partial charge in [-0.3, -0.25) is 9.48 Å². The average molecular weight is 337 g/mol. The smallest absolute Gasteiger partial charge is 0.256 e. The van der Waals surface area contributed by atoms with Crippen LogP contribution in [0, 0.1) is 0 Å². The molecule has 4 rings (SSSR count). The van der Waals surface area contributed by atoms with Gasteiger partial charge in [0, 0.05) is 28.3 Å². The van der Waals surface area contributed by atoms with Crippen molar-refractivity contribution in [2.24, 2.45) is 0 Å². The summed E-state index contributed by atoms with van der Waals surface area (Å²) in [6.07, 6.45) is 8.27. The highest BCUT2D eigenvalue weighted by Crippen LogP contribution is 2.30. The number of rotatable bonds is 4. The van der Waals surface area contributed by atoms with Crippen LogP contribution in [0.15, 0.2) is 48.1 Å². The van der Waals surface area contributed by atoms with Crippen molar-refractivity contribution in [1.29, 1.82) is 0 Å². The molecule has 1 aromatic carbocycles. The molecular weight excluding hydrogens is 318 g/mol. The number of aryl methyl sites for hydroxylation is 1. The Hall–Kier alpha value is -2.40. The van der Waals surface area contributed by atoms with E-state index in [4.69, 9.17) is 0 Å². The number of hydrogen-bond donors (Lipinski definition) is 1. The molecule has 1 aliphatic rings. The first-order chi connectivity index (χ1) is 11.8. The third kappa shape index (κ3) is 3.12. The summed E-state index contributed by atoms with van der Waals surface area (Å²) < 4.78 is 1.87. The number of carbonyl (C=O) groups excluding carboxylic acids is 1. The quantitative estimate of drug-likeness (QED) is 0.778. The Labute approximate surface area is 145 Å². The third-order valence-corrected chi connectivity index (χ3v) is 5.48. The van der Waals surface area contributed by atoms with Gasteiger partial charge in [0.25, 0.3) is 5.91 Å². The molecule has 0 fully saturated rings. The Kier molecular flexibility index (Phi) is 4.17. The molecule has 4 nitrogen and oxygen atoms in total. The van der Waals surface area contributed by atoms with E-state index in [2.05, 4.69) is 10.4 Å². The molecule has 2 aromatic heterocycles. The summed E-state index contributed by atoms with van der Waals surface area (Å²) >= 11 is 1.72. The first kappa shape index (κ1) is 15.1. The zero-order valence-corrected chi connectivity index (χ0v) is 14.2. The molecular formula is C19H19N3OS. The Morgan fingerprint density at radius 1 is 1.25 bits per heavy atom. The SMILES string of the molecule is O=C(Nc1cccc(Cn2cccn2)c1)c1csc2c1CCCC2. The number of aromatic nitrogens is 2. The maximum absolute atomic E-state index is 12.7. The number of nitrogens with one attached hydrogen (secondary N) is 1. The summed E-state index contributed by atoms with van der Waals surface area (Å²) in [5.41, 5.74) is 4.06. The minimum Gasteiger partial charge on any atom is -0.322 e. The van der Waals surface area contributed by atoms with Crippen LogP contribution >= 0.6 is 11.3 Å². The van der Waals surface area contributed by atoms with Gasteiger partial charge in [-0.1, -0.05) is 12.1 Å². The monoisotopic (exact) mass is 337 g/mol. The van der Waals surface area contributed by atoms with E-state index in [1.165, 1.54) is 23.3 Å². The molecule has 122 valence electrons. The second-order valence-electron chi connectivity index (χ2n) is 6.12. The van der Waals surface area contributed by atoms with Gasteiger partial charge in [0.2, 0.25) is 0 Å². The van der Waals surface area contributed by atoms with Crippen molar-refractivity contribution in [3.05, 3.63) is 69.7 Å². The van der Waals surface area contributed by atoms with Crippen molar-refractivity contribution in [3.63, 3.8) is 0 Å². The number of thiophene rings is 1. The number of benzene rings is 1. The fourth-order valence-corrected chi connectivity index (χ4v) is 4.34. The standard InChI is InChI=1S/C19H19N3OS/c23-19(17-13-24-18-8-2-1-7-16(17)18)21-15-6-3-5-14(11-15)12-22-10-4-9-20-22/h3-6,9-11,13H,1-2,7-8,12H2,(H,21,23). The molecule has 24 heavy (non-hydrogen) atoms. The molecule has 5 heteroatoms. The molecule has 1 aliphatic carbocycles. The molecule has 0 saturated carbocycles. The second kappa shape index (κ2) is 6.61. The van der Waals surface area contributed by atoms with Crippen molar-refractivity contribution in [2.45, 2.75) is 32.2 Å². The third-order valence-electron chi connectivity index (χ3n) is 4.39. The van der Waals surface area contributed by atoms with E-state index in [1.807, 2.05) is 46.6 Å². The summed E-state index contributed by atoms with van der Waals surface area (Å²) in [5.74, 6) is 0.00522. The number of fused-ring (bicyclic) bond motifs is 1. The van der Waals surface area contributed by atoms with Crippen molar-refractivity contribution < 1.29 is 4.79 Å². The van der Waals surface area contributed by atoms with Gasteiger partial charge in [0.05, 0.1) is 12.1 Å². The van der Waals surface area contributed by atoms with Crippen LogP contribution in [0.1, 0.15) is 39.2 Å². The van der Waals surface area contributed by atoms with E-state index in [-0.39, 0.29) is 5.91 Å². The predicted molar refractivity (Wildman–Crippen MR) is 96.7 cm³/mol. The molecule has 2 heterocycles. The molecule has 0 saturated heterocycles. The average Bonchev–Trinajstić information content (AvgIpc) is 3.24. The summed E-state index contributed by atoms with van der Waals surface area (Å²) in [6, 6.07) is 9.87. The van der Waals surface area contributed by atoms with Crippen molar-refractivity contribution >= 4 is 22.9 Å². The van der Waals surface area contributed by atoms with Crippen LogP contribution in [0.4, 0.5) is 5.69 Å². The predicted octanol–water partition coefficient (Wildman–Crippen LogP) is 4.12. The van der Waals surface area contributed by atoms with Crippen LogP contribution in [-0.4, -0.2) is 15.7 Å².